The first-order chi connectivity index (χ1) is 10.6. The molecule has 1 aromatic heterocycles. The van der Waals surface area contributed by atoms with Crippen molar-refractivity contribution in [3.05, 3.63) is 63.0 Å². The lowest BCUT2D eigenvalue weighted by atomic mass is 10.1. The van der Waals surface area contributed by atoms with Gasteiger partial charge in [-0.1, -0.05) is 6.58 Å². The summed E-state index contributed by atoms with van der Waals surface area (Å²) in [6, 6.07) is 8.71. The van der Waals surface area contributed by atoms with Crippen LogP contribution in [-0.2, 0) is 4.74 Å². The number of allylic oxidation sites excluding steroid dienone is 2. The van der Waals surface area contributed by atoms with Gasteiger partial charge < -0.3 is 13.9 Å². The predicted octanol–water partition coefficient (Wildman–Crippen LogP) is 2.06. The minimum absolute atomic E-state index is 0.168. The van der Waals surface area contributed by atoms with E-state index in [1.807, 2.05) is 19.1 Å². The number of hydrogen-bond acceptors (Lipinski definition) is 4. The Kier molecular flexibility index (Phi) is 4.84. The van der Waals surface area contributed by atoms with Crippen LogP contribution in [0.1, 0.15) is 6.92 Å². The van der Waals surface area contributed by atoms with Gasteiger partial charge in [0.15, 0.2) is 5.43 Å². The number of ether oxygens (including phenoxy) is 2. The van der Waals surface area contributed by atoms with Gasteiger partial charge in [-0.05, 0) is 43.3 Å². The molecule has 0 aliphatic carbocycles. The van der Waals surface area contributed by atoms with Crippen molar-refractivity contribution in [2.24, 2.45) is 0 Å². The van der Waals surface area contributed by atoms with Gasteiger partial charge in [0, 0.05) is 11.6 Å². The number of hydrogen-bond donors (Lipinski definition) is 0. The number of methoxy groups -OCH3 is 2. The third kappa shape index (κ3) is 3.28. The van der Waals surface area contributed by atoms with Gasteiger partial charge in [-0.2, -0.15) is 0 Å². The van der Waals surface area contributed by atoms with E-state index < -0.39 is 0 Å². The molecule has 0 N–H and O–H groups in total. The molecule has 0 bridgehead atoms. The van der Waals surface area contributed by atoms with Gasteiger partial charge in [0.1, 0.15) is 22.7 Å². The van der Waals surface area contributed by atoms with Crippen molar-refractivity contribution in [1.29, 1.82) is 0 Å². The Bertz CT molecular complexity index is 808. The summed E-state index contributed by atoms with van der Waals surface area (Å²) in [7, 11) is 3.14. The van der Waals surface area contributed by atoms with Crippen LogP contribution in [0.5, 0.6) is 5.75 Å². The van der Waals surface area contributed by atoms with Crippen molar-refractivity contribution in [3.63, 3.8) is 0 Å². The number of benzene rings is 1. The largest absolute Gasteiger partial charge is 0.497 e. The van der Waals surface area contributed by atoms with Crippen LogP contribution >= 0.6 is 0 Å². The van der Waals surface area contributed by atoms with Gasteiger partial charge in [0.2, 0.25) is 0 Å². The molecule has 1 aromatic carbocycles. The van der Waals surface area contributed by atoms with Crippen molar-refractivity contribution < 1.29 is 13.9 Å². The number of rotatable bonds is 4. The third-order valence-electron chi connectivity index (χ3n) is 3.24. The molecule has 0 aliphatic rings. The van der Waals surface area contributed by atoms with Crippen LogP contribution in [-0.4, -0.2) is 14.2 Å². The molecule has 2 aromatic rings. The van der Waals surface area contributed by atoms with Crippen LogP contribution in [0.2, 0.25) is 0 Å². The highest BCUT2D eigenvalue weighted by molar-refractivity contribution is 5.58. The molecular formula is C18H18O4. The quantitative estimate of drug-likeness (QED) is 0.811. The van der Waals surface area contributed by atoms with Crippen molar-refractivity contribution in [2.75, 3.05) is 14.2 Å². The molecule has 2 rings (SSSR count). The highest BCUT2D eigenvalue weighted by Crippen LogP contribution is 2.19. The standard InChI is InChI=1S/C18H18O4/c1-5-14(20-3)10-16-12(2)22-18(11-17(16)19)13-6-8-15(21-4)9-7-13/h5-11H,2H2,1,3-4H3/b14-5+,16-10+. The van der Waals surface area contributed by atoms with Crippen LogP contribution in [0.4, 0.5) is 0 Å². The second kappa shape index (κ2) is 6.80. The normalized spacial score (nSPS) is 12.3. The van der Waals surface area contributed by atoms with Gasteiger partial charge >= 0.3 is 0 Å². The average molecular weight is 298 g/mol. The molecule has 0 saturated carbocycles. The Morgan fingerprint density at radius 1 is 1.23 bits per heavy atom. The summed E-state index contributed by atoms with van der Waals surface area (Å²) in [4.78, 5) is 12.3. The fourth-order valence-electron chi connectivity index (χ4n) is 2.00. The summed E-state index contributed by atoms with van der Waals surface area (Å²) in [6.07, 6.45) is 3.38. The molecule has 22 heavy (non-hydrogen) atoms. The van der Waals surface area contributed by atoms with Crippen molar-refractivity contribution in [1.82, 2.24) is 0 Å². The van der Waals surface area contributed by atoms with Crippen molar-refractivity contribution in [3.8, 4) is 17.1 Å². The van der Waals surface area contributed by atoms with Gasteiger partial charge in [-0.25, -0.2) is 0 Å². The monoisotopic (exact) mass is 298 g/mol. The molecule has 4 nitrogen and oxygen atoms in total. The van der Waals surface area contributed by atoms with Crippen molar-refractivity contribution in [2.45, 2.75) is 6.92 Å². The molecule has 114 valence electrons. The molecule has 0 atom stereocenters. The molecule has 0 fully saturated rings. The van der Waals surface area contributed by atoms with Gasteiger partial charge in [-0.15, -0.1) is 0 Å². The van der Waals surface area contributed by atoms with Crippen LogP contribution in [0, 0.1) is 0 Å². The molecule has 0 amide bonds. The lowest BCUT2D eigenvalue weighted by Crippen LogP contribution is -2.37. The summed E-state index contributed by atoms with van der Waals surface area (Å²) in [6.45, 7) is 5.64. The zero-order valence-corrected chi connectivity index (χ0v) is 12.9. The molecular weight excluding hydrogens is 280 g/mol. The summed E-state index contributed by atoms with van der Waals surface area (Å²) in [5, 5.41) is 0.382. The fourth-order valence-corrected chi connectivity index (χ4v) is 2.00. The van der Waals surface area contributed by atoms with Crippen LogP contribution in [0.15, 0.2) is 51.4 Å². The van der Waals surface area contributed by atoms with E-state index in [0.717, 1.165) is 11.3 Å². The molecule has 4 heteroatoms. The Balaban J connectivity index is 2.55. The molecule has 0 unspecified atom stereocenters. The van der Waals surface area contributed by atoms with Gasteiger partial charge in [0.25, 0.3) is 0 Å². The molecule has 0 saturated heterocycles. The summed E-state index contributed by atoms with van der Waals surface area (Å²) >= 11 is 0. The highest BCUT2D eigenvalue weighted by atomic mass is 16.5. The first kappa shape index (κ1) is 15.6. The molecule has 0 aliphatic heterocycles. The van der Waals surface area contributed by atoms with E-state index in [2.05, 4.69) is 6.58 Å². The third-order valence-corrected chi connectivity index (χ3v) is 3.24. The zero-order chi connectivity index (χ0) is 16.1. The first-order valence-corrected chi connectivity index (χ1v) is 6.78. The Hall–Kier alpha value is -2.75. The first-order valence-electron chi connectivity index (χ1n) is 6.78. The maximum Gasteiger partial charge on any atom is 0.193 e. The highest BCUT2D eigenvalue weighted by Gasteiger charge is 2.04. The maximum absolute atomic E-state index is 12.3. The van der Waals surface area contributed by atoms with E-state index in [0.29, 0.717) is 22.2 Å². The predicted molar refractivity (Wildman–Crippen MR) is 87.0 cm³/mol. The van der Waals surface area contributed by atoms with Crippen LogP contribution in [0.3, 0.4) is 0 Å². The Morgan fingerprint density at radius 3 is 2.41 bits per heavy atom. The lowest BCUT2D eigenvalue weighted by molar-refractivity contribution is 0.312. The molecule has 1 heterocycles. The van der Waals surface area contributed by atoms with E-state index in [4.69, 9.17) is 13.9 Å². The molecule has 0 spiro atoms. The van der Waals surface area contributed by atoms with E-state index in [-0.39, 0.29) is 5.43 Å². The lowest BCUT2D eigenvalue weighted by Gasteiger charge is -2.03. The maximum atomic E-state index is 12.3. The fraction of sp³-hybridized carbons (Fsp3) is 0.167. The van der Waals surface area contributed by atoms with Crippen LogP contribution < -0.4 is 20.8 Å². The molecule has 0 radical (unpaired) electrons. The van der Waals surface area contributed by atoms with E-state index >= 15 is 0 Å². The second-order valence-corrected chi connectivity index (χ2v) is 4.58. The summed E-state index contributed by atoms with van der Waals surface area (Å²) < 4.78 is 15.9. The topological polar surface area (TPSA) is 48.7 Å². The van der Waals surface area contributed by atoms with Crippen molar-refractivity contribution >= 4 is 12.7 Å². The van der Waals surface area contributed by atoms with Crippen LogP contribution in [0.25, 0.3) is 24.0 Å². The van der Waals surface area contributed by atoms with E-state index in [9.17, 15) is 4.79 Å². The SMILES string of the molecule is C=c1oc(-c2ccc(OC)cc2)cc(=O)/c1=C/C(=C\C)OC. The zero-order valence-electron chi connectivity index (χ0n) is 12.9. The smallest absolute Gasteiger partial charge is 0.193 e. The van der Waals surface area contributed by atoms with Gasteiger partial charge in [0.05, 0.1) is 19.4 Å². The van der Waals surface area contributed by atoms with Gasteiger partial charge in [-0.3, -0.25) is 4.79 Å². The van der Waals surface area contributed by atoms with E-state index in [1.165, 1.54) is 6.07 Å². The Morgan fingerprint density at radius 2 is 1.91 bits per heavy atom. The minimum Gasteiger partial charge on any atom is -0.497 e. The Labute approximate surface area is 128 Å². The minimum atomic E-state index is -0.168. The van der Waals surface area contributed by atoms with E-state index in [1.54, 1.807) is 38.5 Å². The summed E-state index contributed by atoms with van der Waals surface area (Å²) in [5.74, 6) is 1.78. The average Bonchev–Trinajstić information content (AvgIpc) is 2.54. The second-order valence-electron chi connectivity index (χ2n) is 4.58. The summed E-state index contributed by atoms with van der Waals surface area (Å²) in [5.41, 5.74) is 0.917.